The van der Waals surface area contributed by atoms with E-state index in [1.165, 1.54) is 5.56 Å². The molecule has 1 atom stereocenters. The van der Waals surface area contributed by atoms with E-state index < -0.39 is 6.04 Å². The Kier molecular flexibility index (Phi) is 6.81. The minimum atomic E-state index is -0.397. The zero-order chi connectivity index (χ0) is 19.9. The van der Waals surface area contributed by atoms with Crippen LogP contribution in [0.25, 0.3) is 0 Å². The van der Waals surface area contributed by atoms with Crippen LogP contribution in [0.3, 0.4) is 0 Å². The molecule has 7 heteroatoms. The number of piperazine rings is 1. The SMILES string of the molecule is CN(CCc1cnn(C)c1)C(=O)CC1C(=O)NCCN1CCc1ccccc1. The second-order valence-corrected chi connectivity index (χ2v) is 7.37. The molecule has 0 saturated carbocycles. The fourth-order valence-electron chi connectivity index (χ4n) is 3.51. The van der Waals surface area contributed by atoms with Crippen molar-refractivity contribution >= 4 is 11.8 Å². The summed E-state index contributed by atoms with van der Waals surface area (Å²) in [6.45, 7) is 2.79. The molecule has 1 unspecified atom stereocenters. The third-order valence-electron chi connectivity index (χ3n) is 5.26. The maximum atomic E-state index is 12.7. The van der Waals surface area contributed by atoms with Crippen LogP contribution in [-0.4, -0.2) is 70.7 Å². The molecule has 1 aromatic heterocycles. The number of hydrogen-bond donors (Lipinski definition) is 1. The molecule has 7 nitrogen and oxygen atoms in total. The summed E-state index contributed by atoms with van der Waals surface area (Å²) in [5.41, 5.74) is 2.34. The lowest BCUT2D eigenvalue weighted by molar-refractivity contribution is -0.138. The second kappa shape index (κ2) is 9.50. The van der Waals surface area contributed by atoms with E-state index in [0.717, 1.165) is 31.5 Å². The van der Waals surface area contributed by atoms with Gasteiger partial charge in [0.15, 0.2) is 0 Å². The van der Waals surface area contributed by atoms with Gasteiger partial charge in [-0.25, -0.2) is 0 Å². The molecule has 1 aliphatic rings. The van der Waals surface area contributed by atoms with E-state index in [9.17, 15) is 9.59 Å². The monoisotopic (exact) mass is 383 g/mol. The van der Waals surface area contributed by atoms with Crippen molar-refractivity contribution in [3.63, 3.8) is 0 Å². The van der Waals surface area contributed by atoms with Gasteiger partial charge in [-0.05, 0) is 24.0 Å². The maximum Gasteiger partial charge on any atom is 0.237 e. The molecule has 1 aromatic carbocycles. The largest absolute Gasteiger partial charge is 0.353 e. The van der Waals surface area contributed by atoms with Crippen molar-refractivity contribution in [2.24, 2.45) is 7.05 Å². The zero-order valence-corrected chi connectivity index (χ0v) is 16.7. The fraction of sp³-hybridized carbons (Fsp3) is 0.476. The molecule has 28 heavy (non-hydrogen) atoms. The predicted molar refractivity (Wildman–Crippen MR) is 108 cm³/mol. The molecular weight excluding hydrogens is 354 g/mol. The quantitative estimate of drug-likeness (QED) is 0.734. The number of nitrogens with one attached hydrogen (secondary N) is 1. The van der Waals surface area contributed by atoms with Crippen molar-refractivity contribution in [1.29, 1.82) is 0 Å². The molecule has 3 rings (SSSR count). The van der Waals surface area contributed by atoms with Gasteiger partial charge < -0.3 is 10.2 Å². The van der Waals surface area contributed by atoms with Gasteiger partial charge in [0.25, 0.3) is 0 Å². The topological polar surface area (TPSA) is 70.5 Å². The van der Waals surface area contributed by atoms with Crippen LogP contribution < -0.4 is 5.32 Å². The standard InChI is InChI=1S/C21H29N5O2/c1-24(11-8-18-15-23-25(2)16-18)20(27)14-19-21(28)22-10-13-26(19)12-9-17-6-4-3-5-7-17/h3-7,15-16,19H,8-14H2,1-2H3,(H,22,28). The van der Waals surface area contributed by atoms with E-state index in [-0.39, 0.29) is 18.2 Å². The molecular formula is C21H29N5O2. The Hall–Kier alpha value is -2.67. The molecule has 2 aromatic rings. The minimum Gasteiger partial charge on any atom is -0.353 e. The van der Waals surface area contributed by atoms with Crippen LogP contribution in [0, 0.1) is 0 Å². The summed E-state index contributed by atoms with van der Waals surface area (Å²) in [6, 6.07) is 9.84. The van der Waals surface area contributed by atoms with Crippen LogP contribution in [0.1, 0.15) is 17.5 Å². The Labute approximate surface area is 166 Å². The van der Waals surface area contributed by atoms with Crippen molar-refractivity contribution in [2.45, 2.75) is 25.3 Å². The Balaban J connectivity index is 1.53. The highest BCUT2D eigenvalue weighted by Gasteiger charge is 2.32. The van der Waals surface area contributed by atoms with Crippen molar-refractivity contribution in [3.05, 3.63) is 53.9 Å². The summed E-state index contributed by atoms with van der Waals surface area (Å²) in [6.07, 6.45) is 5.61. The molecule has 1 N–H and O–H groups in total. The molecule has 150 valence electrons. The van der Waals surface area contributed by atoms with Gasteiger partial charge in [-0.1, -0.05) is 30.3 Å². The van der Waals surface area contributed by atoms with Gasteiger partial charge in [0.05, 0.1) is 18.7 Å². The molecule has 0 bridgehead atoms. The van der Waals surface area contributed by atoms with Crippen LogP contribution in [-0.2, 0) is 29.5 Å². The first-order valence-electron chi connectivity index (χ1n) is 9.80. The number of hydrogen-bond acceptors (Lipinski definition) is 4. The van der Waals surface area contributed by atoms with Gasteiger partial charge >= 0.3 is 0 Å². The third-order valence-corrected chi connectivity index (χ3v) is 5.26. The lowest BCUT2D eigenvalue weighted by Gasteiger charge is -2.35. The molecule has 0 spiro atoms. The number of aryl methyl sites for hydroxylation is 1. The number of carbonyl (C=O) groups excluding carboxylic acids is 2. The van der Waals surface area contributed by atoms with E-state index in [4.69, 9.17) is 0 Å². The number of aromatic nitrogens is 2. The zero-order valence-electron chi connectivity index (χ0n) is 16.7. The number of amides is 2. The van der Waals surface area contributed by atoms with Crippen LogP contribution in [0.5, 0.6) is 0 Å². The number of nitrogens with zero attached hydrogens (tertiary/aromatic N) is 4. The number of likely N-dealkylation sites (N-methyl/N-ethyl adjacent to an activating group) is 1. The van der Waals surface area contributed by atoms with E-state index in [1.54, 1.807) is 16.6 Å². The molecule has 2 heterocycles. The van der Waals surface area contributed by atoms with Crippen LogP contribution in [0.2, 0.25) is 0 Å². The van der Waals surface area contributed by atoms with Gasteiger partial charge in [-0.3, -0.25) is 19.2 Å². The predicted octanol–water partition coefficient (Wildman–Crippen LogP) is 0.854. The van der Waals surface area contributed by atoms with Crippen molar-refractivity contribution < 1.29 is 9.59 Å². The first-order valence-corrected chi connectivity index (χ1v) is 9.80. The van der Waals surface area contributed by atoms with Gasteiger partial charge in [0.2, 0.25) is 11.8 Å². The molecule has 2 amide bonds. The first-order chi connectivity index (χ1) is 13.5. The summed E-state index contributed by atoms with van der Waals surface area (Å²) in [7, 11) is 3.68. The molecule has 0 radical (unpaired) electrons. The molecule has 0 aliphatic carbocycles. The summed E-state index contributed by atoms with van der Waals surface area (Å²) in [5.74, 6) is -0.0519. The highest BCUT2D eigenvalue weighted by atomic mass is 16.2. The molecule has 1 fully saturated rings. The average Bonchev–Trinajstić information content (AvgIpc) is 3.12. The van der Waals surface area contributed by atoms with Crippen LogP contribution in [0.15, 0.2) is 42.7 Å². The Bertz CT molecular complexity index is 789. The van der Waals surface area contributed by atoms with Crippen molar-refractivity contribution in [2.75, 3.05) is 33.2 Å². The number of benzene rings is 1. The van der Waals surface area contributed by atoms with Crippen molar-refractivity contribution in [3.8, 4) is 0 Å². The van der Waals surface area contributed by atoms with E-state index >= 15 is 0 Å². The second-order valence-electron chi connectivity index (χ2n) is 7.37. The van der Waals surface area contributed by atoms with Crippen LogP contribution >= 0.6 is 0 Å². The smallest absolute Gasteiger partial charge is 0.237 e. The first kappa shape index (κ1) is 20.1. The lowest BCUT2D eigenvalue weighted by Crippen LogP contribution is -2.57. The Morgan fingerprint density at radius 1 is 1.25 bits per heavy atom. The Morgan fingerprint density at radius 2 is 2.04 bits per heavy atom. The van der Waals surface area contributed by atoms with Gasteiger partial charge in [-0.15, -0.1) is 0 Å². The van der Waals surface area contributed by atoms with E-state index in [1.807, 2.05) is 37.6 Å². The number of carbonyl (C=O) groups is 2. The normalized spacial score (nSPS) is 17.4. The van der Waals surface area contributed by atoms with E-state index in [2.05, 4.69) is 27.4 Å². The summed E-state index contributed by atoms with van der Waals surface area (Å²) < 4.78 is 1.76. The minimum absolute atomic E-state index is 0.00403. The highest BCUT2D eigenvalue weighted by molar-refractivity contribution is 5.88. The fourth-order valence-corrected chi connectivity index (χ4v) is 3.51. The van der Waals surface area contributed by atoms with Gasteiger partial charge in [0, 0.05) is 46.5 Å². The van der Waals surface area contributed by atoms with Gasteiger partial charge in [0.1, 0.15) is 0 Å². The summed E-state index contributed by atoms with van der Waals surface area (Å²) in [5, 5.41) is 7.05. The summed E-state index contributed by atoms with van der Waals surface area (Å²) >= 11 is 0. The summed E-state index contributed by atoms with van der Waals surface area (Å²) in [4.78, 5) is 29.0. The van der Waals surface area contributed by atoms with E-state index in [0.29, 0.717) is 13.1 Å². The van der Waals surface area contributed by atoms with Crippen molar-refractivity contribution in [1.82, 2.24) is 24.9 Å². The number of rotatable bonds is 8. The average molecular weight is 383 g/mol. The maximum absolute atomic E-state index is 12.7. The lowest BCUT2D eigenvalue weighted by atomic mass is 10.1. The van der Waals surface area contributed by atoms with Gasteiger partial charge in [-0.2, -0.15) is 5.10 Å². The third kappa shape index (κ3) is 5.42. The highest BCUT2D eigenvalue weighted by Crippen LogP contribution is 2.13. The molecule has 1 saturated heterocycles. The molecule has 1 aliphatic heterocycles. The Morgan fingerprint density at radius 3 is 2.75 bits per heavy atom. The van der Waals surface area contributed by atoms with Crippen LogP contribution in [0.4, 0.5) is 0 Å².